The highest BCUT2D eigenvalue weighted by Crippen LogP contribution is 2.24. The van der Waals surface area contributed by atoms with Crippen molar-refractivity contribution in [3.8, 4) is 6.07 Å². The van der Waals surface area contributed by atoms with E-state index in [0.717, 1.165) is 12.1 Å². The zero-order valence-corrected chi connectivity index (χ0v) is 11.4. The summed E-state index contributed by atoms with van der Waals surface area (Å²) in [5, 5.41) is 11.0. The minimum absolute atomic E-state index is 0.0290. The molecular formula is C12H11BrF2N2O. The first kappa shape index (κ1) is 14.6. The Labute approximate surface area is 112 Å². The van der Waals surface area contributed by atoms with Crippen LogP contribution >= 0.6 is 15.9 Å². The summed E-state index contributed by atoms with van der Waals surface area (Å²) in [5.74, 6) is -3.22. The van der Waals surface area contributed by atoms with E-state index in [9.17, 15) is 13.6 Å². The second kappa shape index (κ2) is 5.91. The number of nitriles is 1. The Bertz CT molecular complexity index is 512. The standard InChI is InChI=1S/C12H11BrF2N2O/c1-6(2)7(5-16)12(18)17-11-4-9(14)8(13)3-10(11)15/h3-4,6-7H,1-2H3,(H,17,18). The van der Waals surface area contributed by atoms with Crippen molar-refractivity contribution in [2.45, 2.75) is 13.8 Å². The number of nitrogens with one attached hydrogen (secondary N) is 1. The smallest absolute Gasteiger partial charge is 0.242 e. The van der Waals surface area contributed by atoms with Gasteiger partial charge in [-0.2, -0.15) is 5.26 Å². The maximum absolute atomic E-state index is 13.5. The highest BCUT2D eigenvalue weighted by atomic mass is 79.9. The van der Waals surface area contributed by atoms with Crippen LogP contribution in [0, 0.1) is 34.8 Å². The first-order valence-electron chi connectivity index (χ1n) is 5.21. The van der Waals surface area contributed by atoms with Crippen molar-refractivity contribution in [3.05, 3.63) is 28.2 Å². The van der Waals surface area contributed by atoms with Crippen molar-refractivity contribution in [3.63, 3.8) is 0 Å². The van der Waals surface area contributed by atoms with Gasteiger partial charge in [-0.3, -0.25) is 4.79 Å². The average molecular weight is 317 g/mol. The van der Waals surface area contributed by atoms with Gasteiger partial charge >= 0.3 is 0 Å². The summed E-state index contributed by atoms with van der Waals surface area (Å²) >= 11 is 2.83. The number of anilines is 1. The van der Waals surface area contributed by atoms with Crippen molar-refractivity contribution in [2.75, 3.05) is 5.32 Å². The van der Waals surface area contributed by atoms with Gasteiger partial charge in [0.25, 0.3) is 0 Å². The summed E-state index contributed by atoms with van der Waals surface area (Å²) in [6.07, 6.45) is 0. The monoisotopic (exact) mass is 316 g/mol. The van der Waals surface area contributed by atoms with Crippen LogP contribution in [0.25, 0.3) is 0 Å². The minimum Gasteiger partial charge on any atom is -0.322 e. The first-order chi connectivity index (χ1) is 8.36. The molecule has 0 bridgehead atoms. The Morgan fingerprint density at radius 3 is 2.50 bits per heavy atom. The van der Waals surface area contributed by atoms with Crippen LogP contribution in [0.2, 0.25) is 0 Å². The number of halogens is 3. The molecule has 1 N–H and O–H groups in total. The normalized spacial score (nSPS) is 12.1. The first-order valence-corrected chi connectivity index (χ1v) is 6.01. The molecule has 18 heavy (non-hydrogen) atoms. The molecule has 0 radical (unpaired) electrons. The largest absolute Gasteiger partial charge is 0.322 e. The van der Waals surface area contributed by atoms with Gasteiger partial charge in [-0.1, -0.05) is 13.8 Å². The lowest BCUT2D eigenvalue weighted by molar-refractivity contribution is -0.119. The Kier molecular flexibility index (Phi) is 4.79. The predicted octanol–water partition coefficient (Wildman–Crippen LogP) is 3.46. The zero-order valence-electron chi connectivity index (χ0n) is 9.80. The number of hydrogen-bond donors (Lipinski definition) is 1. The van der Waals surface area contributed by atoms with E-state index in [1.807, 2.05) is 6.07 Å². The second-order valence-corrected chi connectivity index (χ2v) is 4.94. The van der Waals surface area contributed by atoms with Crippen LogP contribution in [-0.4, -0.2) is 5.91 Å². The van der Waals surface area contributed by atoms with Crippen LogP contribution in [0.3, 0.4) is 0 Å². The van der Waals surface area contributed by atoms with Gasteiger partial charge in [0.2, 0.25) is 5.91 Å². The summed E-state index contributed by atoms with van der Waals surface area (Å²) in [7, 11) is 0. The zero-order chi connectivity index (χ0) is 13.9. The maximum atomic E-state index is 13.5. The van der Waals surface area contributed by atoms with E-state index in [2.05, 4.69) is 21.2 Å². The maximum Gasteiger partial charge on any atom is 0.242 e. The number of rotatable bonds is 3. The fraction of sp³-hybridized carbons (Fsp3) is 0.333. The molecule has 0 aliphatic rings. The molecule has 0 saturated carbocycles. The van der Waals surface area contributed by atoms with Gasteiger partial charge in [-0.25, -0.2) is 8.78 Å². The summed E-state index contributed by atoms with van der Waals surface area (Å²) in [4.78, 5) is 11.7. The topological polar surface area (TPSA) is 52.9 Å². The van der Waals surface area contributed by atoms with Gasteiger partial charge in [0, 0.05) is 6.07 Å². The minimum atomic E-state index is -0.906. The molecule has 1 amide bonds. The number of carbonyl (C=O) groups excluding carboxylic acids is 1. The number of nitrogens with zero attached hydrogens (tertiary/aromatic N) is 1. The Balaban J connectivity index is 2.95. The molecule has 96 valence electrons. The number of amides is 1. The molecule has 0 aromatic heterocycles. The Morgan fingerprint density at radius 1 is 1.39 bits per heavy atom. The molecule has 3 nitrogen and oxygen atoms in total. The molecule has 1 atom stereocenters. The molecule has 0 aliphatic carbocycles. The van der Waals surface area contributed by atoms with Crippen LogP contribution in [-0.2, 0) is 4.79 Å². The number of carbonyl (C=O) groups is 1. The molecule has 0 aliphatic heterocycles. The molecule has 0 heterocycles. The molecule has 0 spiro atoms. The molecule has 1 aromatic rings. The van der Waals surface area contributed by atoms with Crippen LogP contribution in [0.1, 0.15) is 13.8 Å². The van der Waals surface area contributed by atoms with E-state index < -0.39 is 23.5 Å². The van der Waals surface area contributed by atoms with Gasteiger partial charge in [-0.15, -0.1) is 0 Å². The predicted molar refractivity (Wildman–Crippen MR) is 66.6 cm³/mol. The number of benzene rings is 1. The molecular weight excluding hydrogens is 306 g/mol. The lowest BCUT2D eigenvalue weighted by Gasteiger charge is -2.13. The second-order valence-electron chi connectivity index (χ2n) is 4.09. The van der Waals surface area contributed by atoms with Crippen molar-refractivity contribution in [2.24, 2.45) is 11.8 Å². The van der Waals surface area contributed by atoms with E-state index in [0.29, 0.717) is 0 Å². The van der Waals surface area contributed by atoms with E-state index in [4.69, 9.17) is 5.26 Å². The van der Waals surface area contributed by atoms with Crippen molar-refractivity contribution in [1.82, 2.24) is 0 Å². The molecule has 1 aromatic carbocycles. The fourth-order valence-corrected chi connectivity index (χ4v) is 1.65. The van der Waals surface area contributed by atoms with E-state index in [1.165, 1.54) is 0 Å². The molecule has 0 fully saturated rings. The average Bonchev–Trinajstić information content (AvgIpc) is 2.26. The van der Waals surface area contributed by atoms with Crippen LogP contribution in [0.4, 0.5) is 14.5 Å². The van der Waals surface area contributed by atoms with Crippen LogP contribution < -0.4 is 5.32 Å². The van der Waals surface area contributed by atoms with Gasteiger partial charge in [0.15, 0.2) is 0 Å². The van der Waals surface area contributed by atoms with E-state index >= 15 is 0 Å². The van der Waals surface area contributed by atoms with Crippen LogP contribution in [0.5, 0.6) is 0 Å². The van der Waals surface area contributed by atoms with Crippen molar-refractivity contribution >= 4 is 27.5 Å². The third kappa shape index (κ3) is 3.26. The van der Waals surface area contributed by atoms with Crippen molar-refractivity contribution < 1.29 is 13.6 Å². The number of hydrogen-bond acceptors (Lipinski definition) is 2. The highest BCUT2D eigenvalue weighted by molar-refractivity contribution is 9.10. The van der Waals surface area contributed by atoms with Gasteiger partial charge in [0.1, 0.15) is 17.6 Å². The van der Waals surface area contributed by atoms with E-state index in [1.54, 1.807) is 13.8 Å². The highest BCUT2D eigenvalue weighted by Gasteiger charge is 2.23. The van der Waals surface area contributed by atoms with Crippen molar-refractivity contribution in [1.29, 1.82) is 5.26 Å². The van der Waals surface area contributed by atoms with E-state index in [-0.39, 0.29) is 16.1 Å². The molecule has 1 unspecified atom stereocenters. The van der Waals surface area contributed by atoms with Gasteiger partial charge in [-0.05, 0) is 27.9 Å². The lowest BCUT2D eigenvalue weighted by Crippen LogP contribution is -2.26. The fourth-order valence-electron chi connectivity index (χ4n) is 1.34. The van der Waals surface area contributed by atoms with Gasteiger partial charge < -0.3 is 5.32 Å². The molecule has 1 rings (SSSR count). The molecule has 6 heteroatoms. The molecule has 0 saturated heterocycles. The summed E-state index contributed by atoms with van der Waals surface area (Å²) < 4.78 is 26.7. The third-order valence-corrected chi connectivity index (χ3v) is 2.96. The van der Waals surface area contributed by atoms with Crippen LogP contribution in [0.15, 0.2) is 16.6 Å². The Morgan fingerprint density at radius 2 is 2.00 bits per heavy atom. The lowest BCUT2D eigenvalue weighted by atomic mass is 9.96. The summed E-state index contributed by atoms with van der Waals surface area (Å²) in [6.45, 7) is 3.40. The SMILES string of the molecule is CC(C)C(C#N)C(=O)Nc1cc(F)c(Br)cc1F. The summed E-state index contributed by atoms with van der Waals surface area (Å²) in [5.41, 5.74) is -0.276. The van der Waals surface area contributed by atoms with Gasteiger partial charge in [0.05, 0.1) is 16.2 Å². The summed E-state index contributed by atoms with van der Waals surface area (Å²) in [6, 6.07) is 3.61. The quantitative estimate of drug-likeness (QED) is 0.868. The third-order valence-electron chi connectivity index (χ3n) is 2.36. The Hall–Kier alpha value is -1.48.